The molecule has 1 unspecified atom stereocenters. The summed E-state index contributed by atoms with van der Waals surface area (Å²) in [5, 5.41) is 0. The van der Waals surface area contributed by atoms with E-state index in [0.29, 0.717) is 6.42 Å². The Bertz CT molecular complexity index is 736. The van der Waals surface area contributed by atoms with Crippen molar-refractivity contribution in [1.82, 2.24) is 0 Å². The highest BCUT2D eigenvalue weighted by Gasteiger charge is 2.22. The van der Waals surface area contributed by atoms with Crippen molar-refractivity contribution in [2.24, 2.45) is 0 Å². The molecule has 0 spiro atoms. The van der Waals surface area contributed by atoms with E-state index >= 15 is 0 Å². The van der Waals surface area contributed by atoms with E-state index in [2.05, 4.69) is 30.5 Å². The van der Waals surface area contributed by atoms with Gasteiger partial charge < -0.3 is 19.3 Å². The molecule has 0 saturated carbocycles. The van der Waals surface area contributed by atoms with Crippen LogP contribution in [0.4, 0.5) is 0 Å². The Morgan fingerprint density at radius 3 is 1.43 bits per heavy atom. The predicted octanol–water partition coefficient (Wildman–Crippen LogP) is 10.3. The fourth-order valence-electron chi connectivity index (χ4n) is 5.07. The average Bonchev–Trinajstić information content (AvgIpc) is 2.98. The van der Waals surface area contributed by atoms with Crippen LogP contribution in [0.2, 0.25) is 0 Å². The number of esters is 2. The summed E-state index contributed by atoms with van der Waals surface area (Å²) >= 11 is 0. The Morgan fingerprint density at radius 1 is 0.568 bits per heavy atom. The second kappa shape index (κ2) is 31.8. The van der Waals surface area contributed by atoms with Gasteiger partial charge in [-0.05, 0) is 38.5 Å². The summed E-state index contributed by atoms with van der Waals surface area (Å²) in [5.41, 5.74) is 0. The van der Waals surface area contributed by atoms with Gasteiger partial charge in [-0.2, -0.15) is 0 Å². The highest BCUT2D eigenvalue weighted by Crippen LogP contribution is 2.36. The summed E-state index contributed by atoms with van der Waals surface area (Å²) < 4.78 is 26.2. The Labute approximate surface area is 269 Å². The molecule has 1 atom stereocenters. The first kappa shape index (κ1) is 42.8. The minimum atomic E-state index is -4.74. The average molecular weight is 647 g/mol. The number of rotatable bonds is 33. The molecule has 9 heteroatoms. The lowest BCUT2D eigenvalue weighted by Gasteiger charge is -2.18. The van der Waals surface area contributed by atoms with E-state index in [9.17, 15) is 14.2 Å². The molecule has 0 bridgehead atoms. The highest BCUT2D eigenvalue weighted by molar-refractivity contribution is 7.46. The van der Waals surface area contributed by atoms with Crippen LogP contribution < -0.4 is 0 Å². The molecule has 8 nitrogen and oxygen atoms in total. The van der Waals surface area contributed by atoms with E-state index in [1.807, 2.05) is 0 Å². The molecular weight excluding hydrogens is 579 g/mol. The molecule has 0 amide bonds. The van der Waals surface area contributed by atoms with Crippen LogP contribution >= 0.6 is 7.82 Å². The fourth-order valence-corrected chi connectivity index (χ4v) is 5.43. The van der Waals surface area contributed by atoms with Crippen molar-refractivity contribution in [2.45, 2.75) is 187 Å². The van der Waals surface area contributed by atoms with Gasteiger partial charge in [-0.1, -0.05) is 142 Å². The number of unbranched alkanes of at least 4 members (excludes halogenated alkanes) is 21. The third kappa shape index (κ3) is 33.7. The lowest BCUT2D eigenvalue weighted by Crippen LogP contribution is -2.29. The summed E-state index contributed by atoms with van der Waals surface area (Å²) in [4.78, 5) is 42.6. The number of hydrogen-bond donors (Lipinski definition) is 2. The van der Waals surface area contributed by atoms with Gasteiger partial charge in [0.1, 0.15) is 6.61 Å². The van der Waals surface area contributed by atoms with Gasteiger partial charge in [0.25, 0.3) is 0 Å². The molecular formula is C35H67O8P. The monoisotopic (exact) mass is 646 g/mol. The zero-order valence-corrected chi connectivity index (χ0v) is 29.2. The Kier molecular flexibility index (Phi) is 30.9. The Hall–Kier alpha value is -1.21. The van der Waals surface area contributed by atoms with E-state index in [4.69, 9.17) is 19.3 Å². The molecule has 44 heavy (non-hydrogen) atoms. The normalized spacial score (nSPS) is 12.5. The molecule has 260 valence electrons. The third-order valence-electron chi connectivity index (χ3n) is 7.78. The summed E-state index contributed by atoms with van der Waals surface area (Å²) in [5.74, 6) is -0.890. The summed E-state index contributed by atoms with van der Waals surface area (Å²) in [6.07, 6.45) is 32.2. The predicted molar refractivity (Wildman–Crippen MR) is 179 cm³/mol. The van der Waals surface area contributed by atoms with Gasteiger partial charge in [0.05, 0.1) is 6.61 Å². The number of carbonyl (C=O) groups is 2. The number of carbonyl (C=O) groups excluding carboxylic acids is 2. The van der Waals surface area contributed by atoms with Crippen molar-refractivity contribution in [3.63, 3.8) is 0 Å². The van der Waals surface area contributed by atoms with E-state index in [0.717, 1.165) is 57.8 Å². The van der Waals surface area contributed by atoms with Crippen LogP contribution in [0.5, 0.6) is 0 Å². The number of ether oxygens (including phenoxy) is 2. The molecule has 0 aliphatic rings. The topological polar surface area (TPSA) is 119 Å². The van der Waals surface area contributed by atoms with Crippen molar-refractivity contribution in [3.05, 3.63) is 12.2 Å². The second-order valence-corrected chi connectivity index (χ2v) is 13.4. The maximum atomic E-state index is 12.3. The summed E-state index contributed by atoms with van der Waals surface area (Å²) in [7, 11) is -4.74. The first-order valence-corrected chi connectivity index (χ1v) is 19.5. The quantitative estimate of drug-likeness (QED) is 0.0313. The van der Waals surface area contributed by atoms with Gasteiger partial charge >= 0.3 is 19.8 Å². The van der Waals surface area contributed by atoms with Gasteiger partial charge in [-0.3, -0.25) is 14.1 Å². The first-order valence-electron chi connectivity index (χ1n) is 18.0. The number of phosphoric acid groups is 1. The molecule has 0 aromatic heterocycles. The van der Waals surface area contributed by atoms with E-state index in [1.54, 1.807) is 0 Å². The highest BCUT2D eigenvalue weighted by atomic mass is 31.2. The Balaban J connectivity index is 3.97. The minimum absolute atomic E-state index is 0.205. The number of hydrogen-bond acceptors (Lipinski definition) is 6. The molecule has 0 aliphatic carbocycles. The largest absolute Gasteiger partial charge is 0.469 e. The Morgan fingerprint density at radius 2 is 0.955 bits per heavy atom. The van der Waals surface area contributed by atoms with Crippen LogP contribution in [-0.2, 0) is 28.2 Å². The van der Waals surface area contributed by atoms with E-state index in [-0.39, 0.29) is 19.4 Å². The maximum Gasteiger partial charge on any atom is 0.469 e. The molecule has 0 aromatic carbocycles. The zero-order chi connectivity index (χ0) is 32.6. The smallest absolute Gasteiger partial charge is 0.462 e. The minimum Gasteiger partial charge on any atom is -0.462 e. The van der Waals surface area contributed by atoms with Crippen molar-refractivity contribution in [3.8, 4) is 0 Å². The molecule has 0 rings (SSSR count). The van der Waals surface area contributed by atoms with Crippen LogP contribution in [0.15, 0.2) is 12.2 Å². The number of allylic oxidation sites excluding steroid dienone is 2. The van der Waals surface area contributed by atoms with Crippen LogP contribution in [-0.4, -0.2) is 41.0 Å². The second-order valence-electron chi connectivity index (χ2n) is 12.2. The van der Waals surface area contributed by atoms with Gasteiger partial charge in [-0.15, -0.1) is 0 Å². The molecule has 0 aliphatic heterocycles. The fraction of sp³-hybridized carbons (Fsp3) is 0.886. The van der Waals surface area contributed by atoms with Gasteiger partial charge in [0.2, 0.25) is 0 Å². The summed E-state index contributed by atoms with van der Waals surface area (Å²) in [6, 6.07) is 0. The lowest BCUT2D eigenvalue weighted by atomic mass is 10.0. The molecule has 0 radical (unpaired) electrons. The SMILES string of the molecule is CCCCC/C=C\CCCCCCCC(=O)OC(COC(=O)CCCCCCCCCCCCCCCC)COP(=O)(O)O. The van der Waals surface area contributed by atoms with Gasteiger partial charge in [-0.25, -0.2) is 4.57 Å². The van der Waals surface area contributed by atoms with E-state index in [1.165, 1.54) is 89.9 Å². The van der Waals surface area contributed by atoms with Crippen molar-refractivity contribution < 1.29 is 37.9 Å². The number of phosphoric ester groups is 1. The van der Waals surface area contributed by atoms with Crippen LogP contribution in [0, 0.1) is 0 Å². The molecule has 0 heterocycles. The first-order chi connectivity index (χ1) is 21.3. The maximum absolute atomic E-state index is 12.3. The van der Waals surface area contributed by atoms with Crippen molar-refractivity contribution >= 4 is 19.8 Å². The molecule has 0 saturated heterocycles. The van der Waals surface area contributed by atoms with Crippen LogP contribution in [0.25, 0.3) is 0 Å². The lowest BCUT2D eigenvalue weighted by molar-refractivity contribution is -0.161. The van der Waals surface area contributed by atoms with Gasteiger partial charge in [0.15, 0.2) is 6.10 Å². The van der Waals surface area contributed by atoms with Crippen molar-refractivity contribution in [1.29, 1.82) is 0 Å². The molecule has 0 aromatic rings. The standard InChI is InChI=1S/C35H67O8P/c1-3-5-7-9-11-13-15-17-18-20-21-23-25-27-29-34(36)41-31-33(32-42-44(38,39)40)43-35(37)30-28-26-24-22-19-16-14-12-10-8-6-4-2/h12,14,33H,3-11,13,15-32H2,1-2H3,(H2,38,39,40)/b14-12-. The summed E-state index contributed by atoms with van der Waals surface area (Å²) in [6.45, 7) is 3.64. The van der Waals surface area contributed by atoms with Crippen molar-refractivity contribution in [2.75, 3.05) is 13.2 Å². The molecule has 2 N–H and O–H groups in total. The molecule has 0 fully saturated rings. The van der Waals surface area contributed by atoms with Gasteiger partial charge in [0, 0.05) is 12.8 Å². The van der Waals surface area contributed by atoms with E-state index < -0.39 is 32.5 Å². The van der Waals surface area contributed by atoms with Crippen LogP contribution in [0.1, 0.15) is 181 Å². The zero-order valence-electron chi connectivity index (χ0n) is 28.3. The third-order valence-corrected chi connectivity index (χ3v) is 8.27. The van der Waals surface area contributed by atoms with Crippen LogP contribution in [0.3, 0.4) is 0 Å².